The lowest BCUT2D eigenvalue weighted by molar-refractivity contribution is 0.0605. The summed E-state index contributed by atoms with van der Waals surface area (Å²) in [4.78, 5) is 28.6. The summed E-state index contributed by atoms with van der Waals surface area (Å²) in [6, 6.07) is 17.3. The van der Waals surface area contributed by atoms with Gasteiger partial charge in [0.2, 0.25) is 0 Å². The van der Waals surface area contributed by atoms with Crippen LogP contribution in [-0.2, 0) is 4.74 Å². The molecular weight excluding hydrogens is 336 g/mol. The van der Waals surface area contributed by atoms with Crippen molar-refractivity contribution in [3.05, 3.63) is 70.7 Å². The molecule has 0 radical (unpaired) electrons. The van der Waals surface area contributed by atoms with Gasteiger partial charge in [-0.3, -0.25) is 10.1 Å². The summed E-state index contributed by atoms with van der Waals surface area (Å²) in [6.45, 7) is 1.70. The largest absolute Gasteiger partial charge is 0.465 e. The summed E-state index contributed by atoms with van der Waals surface area (Å²) >= 11 is 1.10. The van der Waals surface area contributed by atoms with Crippen LogP contribution >= 0.6 is 11.3 Å². The molecule has 0 unspecified atom stereocenters. The van der Waals surface area contributed by atoms with Gasteiger partial charge in [-0.1, -0.05) is 53.8 Å². The molecule has 1 heterocycles. The number of aryl methyl sites for hydroxylation is 1. The first-order chi connectivity index (χ1) is 12.1. The number of aromatic nitrogens is 1. The number of amides is 1. The molecule has 6 heteroatoms. The van der Waals surface area contributed by atoms with Gasteiger partial charge in [-0.05, 0) is 30.2 Å². The van der Waals surface area contributed by atoms with E-state index in [9.17, 15) is 9.59 Å². The molecule has 5 nitrogen and oxygen atoms in total. The molecule has 1 aromatic heterocycles. The zero-order chi connectivity index (χ0) is 17.8. The number of thiazole rings is 1. The van der Waals surface area contributed by atoms with E-state index in [2.05, 4.69) is 10.3 Å². The lowest BCUT2D eigenvalue weighted by Crippen LogP contribution is -2.11. The molecule has 0 fully saturated rings. The number of esters is 1. The van der Waals surface area contributed by atoms with E-state index in [1.807, 2.05) is 42.5 Å². The predicted molar refractivity (Wildman–Crippen MR) is 98.0 cm³/mol. The van der Waals surface area contributed by atoms with Crippen molar-refractivity contribution in [1.82, 2.24) is 4.98 Å². The molecule has 0 saturated heterocycles. The van der Waals surface area contributed by atoms with Crippen LogP contribution in [0.15, 0.2) is 54.6 Å². The number of ether oxygens (including phenoxy) is 1. The molecule has 126 valence electrons. The van der Waals surface area contributed by atoms with Gasteiger partial charge in [0, 0.05) is 5.56 Å². The Morgan fingerprint density at radius 3 is 2.28 bits per heavy atom. The molecule has 0 aliphatic rings. The van der Waals surface area contributed by atoms with E-state index in [1.54, 1.807) is 19.1 Å². The lowest BCUT2D eigenvalue weighted by atomic mass is 10.0. The van der Waals surface area contributed by atoms with E-state index < -0.39 is 5.97 Å². The second-order valence-corrected chi connectivity index (χ2v) is 6.32. The molecule has 0 saturated carbocycles. The summed E-state index contributed by atoms with van der Waals surface area (Å²) in [5.74, 6) is -0.729. The number of hydrogen-bond acceptors (Lipinski definition) is 5. The number of hydrogen-bond donors (Lipinski definition) is 1. The molecule has 0 aliphatic heterocycles. The average molecular weight is 352 g/mol. The standard InChI is InChI=1S/C19H16N2O3S/c1-12-16(18(23)24-2)25-19(20-12)21-17(22)15-10-8-14(9-11-15)13-6-4-3-5-7-13/h3-11H,1-2H3,(H,20,21,22). The number of nitrogens with zero attached hydrogens (tertiary/aromatic N) is 1. The highest BCUT2D eigenvalue weighted by molar-refractivity contribution is 7.17. The third-order valence-corrected chi connectivity index (χ3v) is 4.69. The third-order valence-electron chi connectivity index (χ3n) is 3.64. The molecule has 0 bridgehead atoms. The van der Waals surface area contributed by atoms with Crippen LogP contribution < -0.4 is 5.32 Å². The van der Waals surface area contributed by atoms with Gasteiger partial charge in [0.05, 0.1) is 12.8 Å². The quantitative estimate of drug-likeness (QED) is 0.716. The van der Waals surface area contributed by atoms with Crippen LogP contribution in [0.5, 0.6) is 0 Å². The first kappa shape index (κ1) is 16.9. The Kier molecular flexibility index (Phi) is 4.90. The SMILES string of the molecule is COC(=O)c1sc(NC(=O)c2ccc(-c3ccccc3)cc2)nc1C. The van der Waals surface area contributed by atoms with Crippen LogP contribution in [0.2, 0.25) is 0 Å². The van der Waals surface area contributed by atoms with Crippen molar-refractivity contribution in [3.63, 3.8) is 0 Å². The summed E-state index contributed by atoms with van der Waals surface area (Å²) in [5, 5.41) is 3.09. The molecule has 1 amide bonds. The molecule has 3 rings (SSSR count). The minimum atomic E-state index is -0.456. The van der Waals surface area contributed by atoms with Crippen molar-refractivity contribution in [1.29, 1.82) is 0 Å². The van der Waals surface area contributed by atoms with Gasteiger partial charge >= 0.3 is 5.97 Å². The van der Waals surface area contributed by atoms with E-state index in [-0.39, 0.29) is 5.91 Å². The van der Waals surface area contributed by atoms with Gasteiger partial charge in [0.1, 0.15) is 4.88 Å². The Bertz CT molecular complexity index is 902. The highest BCUT2D eigenvalue weighted by atomic mass is 32.1. The van der Waals surface area contributed by atoms with Crippen LogP contribution in [0.1, 0.15) is 25.7 Å². The third kappa shape index (κ3) is 3.75. The van der Waals surface area contributed by atoms with Gasteiger partial charge in [0.25, 0.3) is 5.91 Å². The molecule has 0 aliphatic carbocycles. The highest BCUT2D eigenvalue weighted by Crippen LogP contribution is 2.24. The average Bonchev–Trinajstić information content (AvgIpc) is 3.02. The van der Waals surface area contributed by atoms with Crippen LogP contribution in [0.4, 0.5) is 5.13 Å². The summed E-state index contributed by atoms with van der Waals surface area (Å²) in [6.07, 6.45) is 0. The molecule has 2 aromatic carbocycles. The fourth-order valence-corrected chi connectivity index (χ4v) is 3.23. The van der Waals surface area contributed by atoms with Crippen molar-refractivity contribution >= 4 is 28.3 Å². The van der Waals surface area contributed by atoms with E-state index in [0.29, 0.717) is 21.3 Å². The number of benzene rings is 2. The minimum Gasteiger partial charge on any atom is -0.465 e. The maximum Gasteiger partial charge on any atom is 0.350 e. The minimum absolute atomic E-state index is 0.273. The Morgan fingerprint density at radius 2 is 1.64 bits per heavy atom. The lowest BCUT2D eigenvalue weighted by Gasteiger charge is -2.04. The number of carbonyl (C=O) groups excluding carboxylic acids is 2. The fourth-order valence-electron chi connectivity index (χ4n) is 2.35. The van der Waals surface area contributed by atoms with Crippen LogP contribution in [0, 0.1) is 6.92 Å². The smallest absolute Gasteiger partial charge is 0.350 e. The van der Waals surface area contributed by atoms with Gasteiger partial charge in [-0.2, -0.15) is 0 Å². The van der Waals surface area contributed by atoms with Gasteiger partial charge < -0.3 is 4.74 Å². The Hall–Kier alpha value is -2.99. The van der Waals surface area contributed by atoms with Crippen molar-refractivity contribution in [3.8, 4) is 11.1 Å². The topological polar surface area (TPSA) is 68.3 Å². The van der Waals surface area contributed by atoms with E-state index >= 15 is 0 Å². The molecule has 1 N–H and O–H groups in total. The molecule has 0 spiro atoms. The molecular formula is C19H16N2O3S. The number of rotatable bonds is 4. The fraction of sp³-hybridized carbons (Fsp3) is 0.105. The van der Waals surface area contributed by atoms with Crippen molar-refractivity contribution in [2.45, 2.75) is 6.92 Å². The van der Waals surface area contributed by atoms with Gasteiger partial charge in [-0.15, -0.1) is 0 Å². The molecule has 3 aromatic rings. The van der Waals surface area contributed by atoms with Gasteiger partial charge in [-0.25, -0.2) is 9.78 Å². The predicted octanol–water partition coefficient (Wildman–Crippen LogP) is 4.16. The number of carbonyl (C=O) groups is 2. The normalized spacial score (nSPS) is 10.3. The van der Waals surface area contributed by atoms with Crippen molar-refractivity contribution in [2.24, 2.45) is 0 Å². The van der Waals surface area contributed by atoms with Crippen LogP contribution in [0.3, 0.4) is 0 Å². The van der Waals surface area contributed by atoms with E-state index in [0.717, 1.165) is 22.5 Å². The number of nitrogens with one attached hydrogen (secondary N) is 1. The zero-order valence-electron chi connectivity index (χ0n) is 13.8. The van der Waals surface area contributed by atoms with E-state index in [1.165, 1.54) is 7.11 Å². The Labute approximate surface area is 149 Å². The number of methoxy groups -OCH3 is 1. The van der Waals surface area contributed by atoms with Crippen LogP contribution in [-0.4, -0.2) is 24.0 Å². The zero-order valence-corrected chi connectivity index (χ0v) is 14.6. The van der Waals surface area contributed by atoms with E-state index in [4.69, 9.17) is 4.74 Å². The van der Waals surface area contributed by atoms with Crippen molar-refractivity contribution in [2.75, 3.05) is 12.4 Å². The van der Waals surface area contributed by atoms with Crippen LogP contribution in [0.25, 0.3) is 11.1 Å². The highest BCUT2D eigenvalue weighted by Gasteiger charge is 2.17. The summed E-state index contributed by atoms with van der Waals surface area (Å²) in [7, 11) is 1.31. The maximum atomic E-state index is 12.4. The Morgan fingerprint density at radius 1 is 1.00 bits per heavy atom. The second-order valence-electron chi connectivity index (χ2n) is 5.32. The Balaban J connectivity index is 1.75. The maximum absolute atomic E-state index is 12.4. The molecule has 25 heavy (non-hydrogen) atoms. The summed E-state index contributed by atoms with van der Waals surface area (Å²) in [5.41, 5.74) is 3.18. The monoisotopic (exact) mass is 352 g/mol. The first-order valence-electron chi connectivity index (χ1n) is 7.61. The second kappa shape index (κ2) is 7.27. The first-order valence-corrected chi connectivity index (χ1v) is 8.42. The van der Waals surface area contributed by atoms with Gasteiger partial charge in [0.15, 0.2) is 5.13 Å². The summed E-state index contributed by atoms with van der Waals surface area (Å²) < 4.78 is 4.69. The number of anilines is 1. The van der Waals surface area contributed by atoms with Crippen molar-refractivity contribution < 1.29 is 14.3 Å². The molecule has 0 atom stereocenters.